The lowest BCUT2D eigenvalue weighted by Crippen LogP contribution is -2.16. The van der Waals surface area contributed by atoms with Gasteiger partial charge in [-0.25, -0.2) is 0 Å². The number of benzene rings is 1. The van der Waals surface area contributed by atoms with Crippen LogP contribution in [-0.4, -0.2) is 23.3 Å². The van der Waals surface area contributed by atoms with E-state index >= 15 is 0 Å². The standard InChI is InChI=1S/C15H20ClN3O/c1-3-6-17-7-4-5-14-18-19-15(20-14)12-8-11(2)9-13(16)10-12/h8-10,17H,3-7H2,1-2H3. The molecule has 0 fully saturated rings. The summed E-state index contributed by atoms with van der Waals surface area (Å²) < 4.78 is 5.68. The molecule has 1 aromatic carbocycles. The van der Waals surface area contributed by atoms with Crippen LogP contribution in [0.25, 0.3) is 11.5 Å². The van der Waals surface area contributed by atoms with E-state index in [0.29, 0.717) is 16.8 Å². The first-order valence-corrected chi connectivity index (χ1v) is 7.37. The van der Waals surface area contributed by atoms with Crippen LogP contribution in [0.3, 0.4) is 0 Å². The first kappa shape index (κ1) is 15.0. The van der Waals surface area contributed by atoms with E-state index in [1.165, 1.54) is 0 Å². The van der Waals surface area contributed by atoms with Gasteiger partial charge >= 0.3 is 0 Å². The first-order valence-electron chi connectivity index (χ1n) is 6.99. The molecule has 0 radical (unpaired) electrons. The minimum atomic E-state index is 0.534. The van der Waals surface area contributed by atoms with E-state index in [9.17, 15) is 0 Å². The molecule has 0 bridgehead atoms. The van der Waals surface area contributed by atoms with Crippen LogP contribution in [0, 0.1) is 6.92 Å². The molecular weight excluding hydrogens is 274 g/mol. The molecule has 20 heavy (non-hydrogen) atoms. The lowest BCUT2D eigenvalue weighted by molar-refractivity contribution is 0.491. The lowest BCUT2D eigenvalue weighted by atomic mass is 10.1. The van der Waals surface area contributed by atoms with Crippen LogP contribution in [0.2, 0.25) is 5.02 Å². The van der Waals surface area contributed by atoms with Crippen LogP contribution >= 0.6 is 11.6 Å². The number of halogens is 1. The van der Waals surface area contributed by atoms with Crippen molar-refractivity contribution < 1.29 is 4.42 Å². The van der Waals surface area contributed by atoms with Crippen molar-refractivity contribution >= 4 is 11.6 Å². The van der Waals surface area contributed by atoms with Gasteiger partial charge in [0.15, 0.2) is 0 Å². The van der Waals surface area contributed by atoms with Crippen molar-refractivity contribution in [2.24, 2.45) is 0 Å². The molecule has 1 N–H and O–H groups in total. The zero-order valence-electron chi connectivity index (χ0n) is 11.9. The molecule has 0 aliphatic heterocycles. The number of nitrogens with zero attached hydrogens (tertiary/aromatic N) is 2. The summed E-state index contributed by atoms with van der Waals surface area (Å²) in [4.78, 5) is 0. The highest BCUT2D eigenvalue weighted by Crippen LogP contribution is 2.23. The maximum absolute atomic E-state index is 6.04. The van der Waals surface area contributed by atoms with Crippen LogP contribution < -0.4 is 5.32 Å². The van der Waals surface area contributed by atoms with Crippen LogP contribution in [0.5, 0.6) is 0 Å². The fraction of sp³-hybridized carbons (Fsp3) is 0.467. The van der Waals surface area contributed by atoms with E-state index in [1.807, 2.05) is 25.1 Å². The molecule has 1 heterocycles. The highest BCUT2D eigenvalue weighted by molar-refractivity contribution is 6.30. The quantitative estimate of drug-likeness (QED) is 0.792. The second-order valence-corrected chi connectivity index (χ2v) is 5.31. The first-order chi connectivity index (χ1) is 9.69. The van der Waals surface area contributed by atoms with Gasteiger partial charge in [0.2, 0.25) is 11.8 Å². The third-order valence-corrected chi connectivity index (χ3v) is 3.15. The van der Waals surface area contributed by atoms with Crippen molar-refractivity contribution in [1.29, 1.82) is 0 Å². The summed E-state index contributed by atoms with van der Waals surface area (Å²) in [5, 5.41) is 12.2. The molecule has 1 aromatic heterocycles. The third-order valence-electron chi connectivity index (χ3n) is 2.93. The summed E-state index contributed by atoms with van der Waals surface area (Å²) in [7, 11) is 0. The Bertz CT molecular complexity index is 534. The molecule has 0 atom stereocenters. The predicted octanol–water partition coefficient (Wildman–Crippen LogP) is 3.63. The molecule has 0 spiro atoms. The van der Waals surface area contributed by atoms with Gasteiger partial charge in [0.1, 0.15) is 0 Å². The van der Waals surface area contributed by atoms with Crippen molar-refractivity contribution in [3.8, 4) is 11.5 Å². The highest BCUT2D eigenvalue weighted by Gasteiger charge is 2.09. The normalized spacial score (nSPS) is 10.9. The summed E-state index contributed by atoms with van der Waals surface area (Å²) in [6.45, 7) is 6.18. The fourth-order valence-electron chi connectivity index (χ4n) is 2.00. The molecule has 108 valence electrons. The Morgan fingerprint density at radius 2 is 2.05 bits per heavy atom. The molecule has 0 unspecified atom stereocenters. The minimum absolute atomic E-state index is 0.534. The molecule has 0 saturated heterocycles. The second kappa shape index (κ2) is 7.41. The third kappa shape index (κ3) is 4.32. The van der Waals surface area contributed by atoms with Gasteiger partial charge in [-0.2, -0.15) is 0 Å². The molecule has 0 aliphatic rings. The summed E-state index contributed by atoms with van der Waals surface area (Å²) in [6, 6.07) is 5.74. The Morgan fingerprint density at radius 1 is 1.20 bits per heavy atom. The zero-order valence-corrected chi connectivity index (χ0v) is 12.7. The average molecular weight is 294 g/mol. The predicted molar refractivity (Wildman–Crippen MR) is 81.0 cm³/mol. The SMILES string of the molecule is CCCNCCCc1nnc(-c2cc(C)cc(Cl)c2)o1. The van der Waals surface area contributed by atoms with Crippen molar-refractivity contribution in [3.05, 3.63) is 34.7 Å². The summed E-state index contributed by atoms with van der Waals surface area (Å²) in [6.07, 6.45) is 2.94. The van der Waals surface area contributed by atoms with Gasteiger partial charge in [-0.3, -0.25) is 0 Å². The second-order valence-electron chi connectivity index (χ2n) is 4.87. The Kier molecular flexibility index (Phi) is 5.56. The number of nitrogens with one attached hydrogen (secondary N) is 1. The Hall–Kier alpha value is -1.39. The van der Waals surface area contributed by atoms with Crippen LogP contribution in [0.15, 0.2) is 22.6 Å². The number of hydrogen-bond acceptors (Lipinski definition) is 4. The van der Waals surface area contributed by atoms with Crippen LogP contribution in [0.1, 0.15) is 31.2 Å². The van der Waals surface area contributed by atoms with Gasteiger partial charge in [-0.05, 0) is 56.6 Å². The summed E-state index contributed by atoms with van der Waals surface area (Å²) in [5.41, 5.74) is 1.95. The van der Waals surface area contributed by atoms with Gasteiger partial charge in [-0.1, -0.05) is 18.5 Å². The van der Waals surface area contributed by atoms with Crippen molar-refractivity contribution in [2.75, 3.05) is 13.1 Å². The van der Waals surface area contributed by atoms with Crippen LogP contribution in [-0.2, 0) is 6.42 Å². The molecule has 0 aliphatic carbocycles. The Labute approximate surface area is 124 Å². The van der Waals surface area contributed by atoms with Crippen LogP contribution in [0.4, 0.5) is 0 Å². The summed E-state index contributed by atoms with van der Waals surface area (Å²) in [5.74, 6) is 1.21. The van der Waals surface area contributed by atoms with Crippen molar-refractivity contribution in [2.45, 2.75) is 33.1 Å². The van der Waals surface area contributed by atoms with E-state index in [2.05, 4.69) is 22.4 Å². The molecule has 0 saturated carbocycles. The summed E-state index contributed by atoms with van der Waals surface area (Å²) >= 11 is 6.04. The number of rotatable bonds is 7. The number of hydrogen-bond donors (Lipinski definition) is 1. The maximum atomic E-state index is 6.04. The fourth-order valence-corrected chi connectivity index (χ4v) is 2.29. The van der Waals surface area contributed by atoms with Gasteiger partial charge in [-0.15, -0.1) is 10.2 Å². The topological polar surface area (TPSA) is 51.0 Å². The molecule has 0 amide bonds. The smallest absolute Gasteiger partial charge is 0.247 e. The van der Waals surface area contributed by atoms with Gasteiger partial charge in [0, 0.05) is 17.0 Å². The Morgan fingerprint density at radius 3 is 2.80 bits per heavy atom. The van der Waals surface area contributed by atoms with Crippen molar-refractivity contribution in [1.82, 2.24) is 15.5 Å². The van der Waals surface area contributed by atoms with E-state index in [0.717, 1.165) is 43.5 Å². The Balaban J connectivity index is 1.94. The molecule has 5 heteroatoms. The van der Waals surface area contributed by atoms with E-state index in [1.54, 1.807) is 0 Å². The van der Waals surface area contributed by atoms with E-state index in [4.69, 9.17) is 16.0 Å². The van der Waals surface area contributed by atoms with E-state index < -0.39 is 0 Å². The average Bonchev–Trinajstić information content (AvgIpc) is 2.86. The molecule has 2 aromatic rings. The highest BCUT2D eigenvalue weighted by atomic mass is 35.5. The minimum Gasteiger partial charge on any atom is -0.421 e. The van der Waals surface area contributed by atoms with Gasteiger partial charge in [0.25, 0.3) is 0 Å². The largest absolute Gasteiger partial charge is 0.421 e. The van der Waals surface area contributed by atoms with Gasteiger partial charge < -0.3 is 9.73 Å². The molecule has 2 rings (SSSR count). The van der Waals surface area contributed by atoms with Gasteiger partial charge in [0.05, 0.1) is 0 Å². The molecular formula is C15H20ClN3O. The molecule has 4 nitrogen and oxygen atoms in total. The monoisotopic (exact) mass is 293 g/mol. The lowest BCUT2D eigenvalue weighted by Gasteiger charge is -2.00. The maximum Gasteiger partial charge on any atom is 0.247 e. The van der Waals surface area contributed by atoms with Crippen molar-refractivity contribution in [3.63, 3.8) is 0 Å². The number of aryl methyl sites for hydroxylation is 2. The van der Waals surface area contributed by atoms with E-state index in [-0.39, 0.29) is 0 Å². The number of aromatic nitrogens is 2. The zero-order chi connectivity index (χ0) is 14.4.